The van der Waals surface area contributed by atoms with Crippen molar-refractivity contribution in [1.29, 1.82) is 0 Å². The highest BCUT2D eigenvalue weighted by molar-refractivity contribution is 7.90. The maximum atomic E-state index is 11.2. The molecule has 1 N–H and O–H groups in total. The molecule has 1 fully saturated rings. The first-order valence-corrected chi connectivity index (χ1v) is 8.96. The zero-order valence-corrected chi connectivity index (χ0v) is 12.1. The highest BCUT2D eigenvalue weighted by atomic mass is 32.2. The average Bonchev–Trinajstić information content (AvgIpc) is 2.43. The average molecular weight is 261 g/mol. The summed E-state index contributed by atoms with van der Waals surface area (Å²) in [5, 5.41) is 3.69. The Labute approximate surface area is 106 Å². The first-order valence-electron chi connectivity index (χ1n) is 6.90. The molecule has 4 heteroatoms. The molecule has 1 aliphatic heterocycles. The Morgan fingerprint density at radius 1 is 1.18 bits per heavy atom. The van der Waals surface area contributed by atoms with Crippen LogP contribution < -0.4 is 5.32 Å². The van der Waals surface area contributed by atoms with Crippen LogP contribution in [0.25, 0.3) is 0 Å². The van der Waals surface area contributed by atoms with Crippen LogP contribution in [0.2, 0.25) is 0 Å². The lowest BCUT2D eigenvalue weighted by Gasteiger charge is -2.34. The van der Waals surface area contributed by atoms with Crippen LogP contribution in [0.4, 0.5) is 0 Å². The molecule has 1 rings (SSSR count). The molecular formula is C13H27NO2S. The van der Waals surface area contributed by atoms with Gasteiger partial charge in [-0.15, -0.1) is 0 Å². The molecule has 0 aromatic heterocycles. The van der Waals surface area contributed by atoms with Gasteiger partial charge in [0.15, 0.2) is 0 Å². The summed E-state index contributed by atoms with van der Waals surface area (Å²) in [5.41, 5.74) is 0.218. The lowest BCUT2D eigenvalue weighted by Crippen LogP contribution is -2.44. The molecule has 0 saturated carbocycles. The van der Waals surface area contributed by atoms with Gasteiger partial charge in [0, 0.05) is 17.5 Å². The molecule has 102 valence electrons. The van der Waals surface area contributed by atoms with Crippen molar-refractivity contribution in [3.63, 3.8) is 0 Å². The molecule has 1 aliphatic rings. The number of sulfone groups is 1. The van der Waals surface area contributed by atoms with Crippen LogP contribution in [0, 0.1) is 0 Å². The molecular weight excluding hydrogens is 234 g/mol. The van der Waals surface area contributed by atoms with Crippen LogP contribution in [0.15, 0.2) is 0 Å². The molecule has 0 aromatic rings. The highest BCUT2D eigenvalue weighted by Crippen LogP contribution is 2.28. The van der Waals surface area contributed by atoms with Gasteiger partial charge in [-0.05, 0) is 38.6 Å². The van der Waals surface area contributed by atoms with E-state index in [1.54, 1.807) is 0 Å². The van der Waals surface area contributed by atoms with Crippen molar-refractivity contribution < 1.29 is 8.42 Å². The number of hydrogen-bond acceptors (Lipinski definition) is 3. The van der Waals surface area contributed by atoms with E-state index in [0.29, 0.717) is 5.75 Å². The molecule has 0 amide bonds. The van der Waals surface area contributed by atoms with Crippen molar-refractivity contribution in [2.75, 3.05) is 18.6 Å². The van der Waals surface area contributed by atoms with E-state index in [1.807, 2.05) is 0 Å². The predicted octanol–water partition coefficient (Wildman–Crippen LogP) is 2.51. The molecule has 3 nitrogen and oxygen atoms in total. The quantitative estimate of drug-likeness (QED) is 0.799. The lowest BCUT2D eigenvalue weighted by molar-refractivity contribution is 0.268. The lowest BCUT2D eigenvalue weighted by atomic mass is 9.84. The minimum atomic E-state index is -2.80. The normalized spacial score (nSPS) is 26.7. The fraction of sp³-hybridized carbons (Fsp3) is 1.00. The molecule has 1 saturated heterocycles. The Morgan fingerprint density at radius 2 is 1.94 bits per heavy atom. The topological polar surface area (TPSA) is 46.2 Å². The van der Waals surface area contributed by atoms with E-state index in [-0.39, 0.29) is 5.54 Å². The summed E-state index contributed by atoms with van der Waals surface area (Å²) in [7, 11) is -2.80. The van der Waals surface area contributed by atoms with Gasteiger partial charge in [0.25, 0.3) is 0 Å². The van der Waals surface area contributed by atoms with E-state index < -0.39 is 9.84 Å². The van der Waals surface area contributed by atoms with E-state index in [4.69, 9.17) is 0 Å². The van der Waals surface area contributed by atoms with Crippen molar-refractivity contribution in [3.8, 4) is 0 Å². The second kappa shape index (κ2) is 6.74. The third kappa shape index (κ3) is 5.87. The minimum Gasteiger partial charge on any atom is -0.311 e. The molecule has 1 atom stereocenters. The van der Waals surface area contributed by atoms with Crippen molar-refractivity contribution in [1.82, 2.24) is 5.32 Å². The van der Waals surface area contributed by atoms with Gasteiger partial charge in [-0.1, -0.05) is 26.2 Å². The van der Waals surface area contributed by atoms with Crippen LogP contribution in [0.3, 0.4) is 0 Å². The molecule has 0 bridgehead atoms. The summed E-state index contributed by atoms with van der Waals surface area (Å²) >= 11 is 0. The van der Waals surface area contributed by atoms with Crippen LogP contribution in [0.5, 0.6) is 0 Å². The second-order valence-corrected chi connectivity index (χ2v) is 7.76. The van der Waals surface area contributed by atoms with E-state index >= 15 is 0 Å². The first-order chi connectivity index (χ1) is 7.97. The molecule has 1 unspecified atom stereocenters. The van der Waals surface area contributed by atoms with Gasteiger partial charge in [0.1, 0.15) is 9.84 Å². The summed E-state index contributed by atoms with van der Waals surface area (Å²) < 4.78 is 22.4. The fourth-order valence-corrected chi connectivity index (χ4v) is 3.58. The molecule has 17 heavy (non-hydrogen) atoms. The van der Waals surface area contributed by atoms with E-state index in [0.717, 1.165) is 19.4 Å². The van der Waals surface area contributed by atoms with E-state index in [9.17, 15) is 8.42 Å². The van der Waals surface area contributed by atoms with Crippen LogP contribution in [-0.2, 0) is 9.84 Å². The SMILES string of the molecule is CCCC1(CCCS(C)(=O)=O)CCCCCN1. The Morgan fingerprint density at radius 3 is 2.59 bits per heavy atom. The largest absolute Gasteiger partial charge is 0.311 e. The van der Waals surface area contributed by atoms with Crippen molar-refractivity contribution >= 4 is 9.84 Å². The van der Waals surface area contributed by atoms with Crippen molar-refractivity contribution in [3.05, 3.63) is 0 Å². The second-order valence-electron chi connectivity index (χ2n) is 5.50. The summed E-state index contributed by atoms with van der Waals surface area (Å²) in [4.78, 5) is 0. The number of hydrogen-bond donors (Lipinski definition) is 1. The Balaban J connectivity index is 2.51. The zero-order chi connectivity index (χ0) is 12.8. The van der Waals surface area contributed by atoms with E-state index in [1.165, 1.54) is 44.8 Å². The molecule has 0 spiro atoms. The van der Waals surface area contributed by atoms with Crippen LogP contribution >= 0.6 is 0 Å². The van der Waals surface area contributed by atoms with Gasteiger partial charge in [-0.25, -0.2) is 8.42 Å². The maximum Gasteiger partial charge on any atom is 0.147 e. The predicted molar refractivity (Wildman–Crippen MR) is 73.1 cm³/mol. The fourth-order valence-electron chi connectivity index (χ4n) is 2.91. The molecule has 0 aromatic carbocycles. The zero-order valence-electron chi connectivity index (χ0n) is 11.3. The highest BCUT2D eigenvalue weighted by Gasteiger charge is 2.29. The minimum absolute atomic E-state index is 0.218. The smallest absolute Gasteiger partial charge is 0.147 e. The monoisotopic (exact) mass is 261 g/mol. The summed E-state index contributed by atoms with van der Waals surface area (Å²) in [6.07, 6.45) is 10.6. The van der Waals surface area contributed by atoms with Crippen LogP contribution in [0.1, 0.15) is 58.3 Å². The molecule has 0 aliphatic carbocycles. The number of nitrogens with one attached hydrogen (secondary N) is 1. The third-order valence-electron chi connectivity index (χ3n) is 3.73. The van der Waals surface area contributed by atoms with Crippen molar-refractivity contribution in [2.24, 2.45) is 0 Å². The molecule has 0 radical (unpaired) electrons. The van der Waals surface area contributed by atoms with Gasteiger partial charge in [-0.3, -0.25) is 0 Å². The summed E-state index contributed by atoms with van der Waals surface area (Å²) in [6, 6.07) is 0. The van der Waals surface area contributed by atoms with Crippen LogP contribution in [-0.4, -0.2) is 32.5 Å². The first kappa shape index (κ1) is 15.0. The van der Waals surface area contributed by atoms with Gasteiger partial charge < -0.3 is 5.32 Å². The third-order valence-corrected chi connectivity index (χ3v) is 4.76. The summed E-state index contributed by atoms with van der Waals surface area (Å²) in [5.74, 6) is 0.333. The standard InChI is InChI=1S/C13H27NO2S/c1-3-8-13(9-5-4-6-11-14-13)10-7-12-17(2,15)16/h14H,3-12H2,1-2H3. The molecule has 1 heterocycles. The van der Waals surface area contributed by atoms with Gasteiger partial charge >= 0.3 is 0 Å². The van der Waals surface area contributed by atoms with Gasteiger partial charge in [0.05, 0.1) is 0 Å². The van der Waals surface area contributed by atoms with Crippen molar-refractivity contribution in [2.45, 2.75) is 63.8 Å². The Hall–Kier alpha value is -0.0900. The summed E-state index contributed by atoms with van der Waals surface area (Å²) in [6.45, 7) is 3.31. The Kier molecular flexibility index (Phi) is 5.93. The number of rotatable bonds is 6. The van der Waals surface area contributed by atoms with Gasteiger partial charge in [0.2, 0.25) is 0 Å². The Bertz CT molecular complexity index is 303. The van der Waals surface area contributed by atoms with E-state index in [2.05, 4.69) is 12.2 Å². The maximum absolute atomic E-state index is 11.2. The van der Waals surface area contributed by atoms with Gasteiger partial charge in [-0.2, -0.15) is 0 Å².